The van der Waals surface area contributed by atoms with Gasteiger partial charge in [-0.3, -0.25) is 0 Å². The van der Waals surface area contributed by atoms with Crippen molar-refractivity contribution in [2.24, 2.45) is 0 Å². The van der Waals surface area contributed by atoms with Gasteiger partial charge in [0, 0.05) is 81.7 Å². The van der Waals surface area contributed by atoms with Crippen molar-refractivity contribution in [3.8, 4) is 134 Å². The highest BCUT2D eigenvalue weighted by atomic mass is 16.3. The molecule has 0 fully saturated rings. The van der Waals surface area contributed by atoms with E-state index in [0.29, 0.717) is 0 Å². The van der Waals surface area contributed by atoms with Gasteiger partial charge in [0.25, 0.3) is 0 Å². The van der Waals surface area contributed by atoms with Crippen LogP contribution in [-0.2, 0) is 0 Å². The van der Waals surface area contributed by atoms with Crippen LogP contribution in [0.4, 0.5) is 0 Å². The van der Waals surface area contributed by atoms with Crippen LogP contribution in [0, 0.1) is 0 Å². The molecule has 0 spiro atoms. The second-order valence-electron chi connectivity index (χ2n) is 36.2. The molecule has 0 atom stereocenters. The number of nitrogens with zero attached hydrogens (tertiary/aromatic N) is 4. The minimum Gasteiger partial charge on any atom is -0.456 e. The molecule has 0 saturated carbocycles. The van der Waals surface area contributed by atoms with Gasteiger partial charge in [-0.15, -0.1) is 0 Å². The number of aromatic nitrogens is 4. The molecule has 138 heavy (non-hydrogen) atoms. The van der Waals surface area contributed by atoms with E-state index in [9.17, 15) is 0 Å². The number of furan rings is 2. The minimum atomic E-state index is 0.888. The van der Waals surface area contributed by atoms with E-state index < -0.39 is 0 Å². The van der Waals surface area contributed by atoms with Gasteiger partial charge in [-0.2, -0.15) is 0 Å². The lowest BCUT2D eigenvalue weighted by Gasteiger charge is -2.14. The Balaban J connectivity index is 0.000000139. The Morgan fingerprint density at radius 2 is 0.362 bits per heavy atom. The molecule has 6 heteroatoms. The molecule has 0 radical (unpaired) electrons. The van der Waals surface area contributed by atoms with Crippen molar-refractivity contribution in [2.45, 2.75) is 0 Å². The molecular formula is C132H84N4O2. The van der Waals surface area contributed by atoms with E-state index >= 15 is 0 Å². The molecule has 28 aromatic rings. The van der Waals surface area contributed by atoms with Crippen LogP contribution in [0.15, 0.2) is 518 Å². The van der Waals surface area contributed by atoms with Gasteiger partial charge in [0.15, 0.2) is 5.58 Å². The highest BCUT2D eigenvalue weighted by molar-refractivity contribution is 6.18. The van der Waals surface area contributed by atoms with Gasteiger partial charge in [0.1, 0.15) is 16.7 Å². The van der Waals surface area contributed by atoms with E-state index in [1.165, 1.54) is 176 Å². The third-order valence-electron chi connectivity index (χ3n) is 28.2. The van der Waals surface area contributed by atoms with Gasteiger partial charge in [0.05, 0.1) is 49.8 Å². The first-order valence-electron chi connectivity index (χ1n) is 47.3. The summed E-state index contributed by atoms with van der Waals surface area (Å²) in [5.41, 5.74) is 41.1. The van der Waals surface area contributed by atoms with Crippen LogP contribution in [-0.4, -0.2) is 18.3 Å². The predicted molar refractivity (Wildman–Crippen MR) is 579 cm³/mol. The lowest BCUT2D eigenvalue weighted by atomic mass is 9.93. The fourth-order valence-electron chi connectivity index (χ4n) is 21.6. The van der Waals surface area contributed by atoms with Gasteiger partial charge in [-0.05, 0) is 293 Å². The van der Waals surface area contributed by atoms with E-state index in [4.69, 9.17) is 8.83 Å². The Hall–Kier alpha value is -18.4. The van der Waals surface area contributed by atoms with Crippen LogP contribution in [0.3, 0.4) is 0 Å². The zero-order valence-electron chi connectivity index (χ0n) is 75.1. The minimum absolute atomic E-state index is 0.888. The van der Waals surface area contributed by atoms with Crippen LogP contribution in [0.25, 0.3) is 265 Å². The van der Waals surface area contributed by atoms with E-state index in [1.54, 1.807) is 0 Å². The highest BCUT2D eigenvalue weighted by Gasteiger charge is 2.25. The predicted octanol–water partition coefficient (Wildman–Crippen LogP) is 36.2. The van der Waals surface area contributed by atoms with Crippen LogP contribution in [0.5, 0.6) is 0 Å². The molecule has 0 bridgehead atoms. The average Bonchev–Trinajstić information content (AvgIpc) is 1.57. The van der Waals surface area contributed by atoms with E-state index in [-0.39, 0.29) is 0 Å². The standard InChI is InChI=1S/2C66H42N2O/c1-4-16-43(17-5-1)47-30-34-62-58(40-47)59-42-49(32-35-63(59)68(62)64-28-15-26-56-55-25-11-13-29-65(55)69-66(56)64)48-31-33-61-57(41-48)54-24-10-12-27-60(54)67(61)53-23-14-22-46(39-53)52-37-50(44-18-6-2-7-19-44)36-51(38-52)45-20-8-3-9-21-45;1-4-15-43(16-5-1)47-27-31-63-58(39-47)59-41-49(29-33-64(59)68(63)54-30-34-66-60(42-54)56-24-11-13-26-65(56)69-66)48-28-32-62-57(40-48)55-23-10-12-25-61(55)67(62)53-22-14-21-46(38-53)52-36-50(44-17-6-2-7-18-44)35-51(37-52)45-19-8-3-9-20-45/h2*1-42H. The number of benzene rings is 22. The maximum absolute atomic E-state index is 6.65. The first kappa shape index (κ1) is 79.4. The zero-order chi connectivity index (χ0) is 90.8. The summed E-state index contributed by atoms with van der Waals surface area (Å²) in [6.07, 6.45) is 0. The van der Waals surface area contributed by atoms with Crippen LogP contribution in [0.1, 0.15) is 0 Å². The van der Waals surface area contributed by atoms with Gasteiger partial charge in [0.2, 0.25) is 0 Å². The van der Waals surface area contributed by atoms with Crippen molar-refractivity contribution in [1.29, 1.82) is 0 Å². The zero-order valence-corrected chi connectivity index (χ0v) is 75.1. The summed E-state index contributed by atoms with van der Waals surface area (Å²) in [4.78, 5) is 0. The van der Waals surface area contributed by atoms with Crippen molar-refractivity contribution < 1.29 is 8.83 Å². The number of para-hydroxylation sites is 5. The molecule has 6 heterocycles. The Labute approximate surface area is 796 Å². The summed E-state index contributed by atoms with van der Waals surface area (Å²) < 4.78 is 22.6. The average molecular weight is 1760 g/mol. The highest BCUT2D eigenvalue weighted by Crippen LogP contribution is 2.47. The summed E-state index contributed by atoms with van der Waals surface area (Å²) in [5, 5.41) is 14.2. The third kappa shape index (κ3) is 13.6. The van der Waals surface area contributed by atoms with Crippen molar-refractivity contribution >= 4 is 131 Å². The van der Waals surface area contributed by atoms with Gasteiger partial charge in [-0.25, -0.2) is 0 Å². The van der Waals surface area contributed by atoms with Gasteiger partial charge in [-0.1, -0.05) is 328 Å². The maximum Gasteiger partial charge on any atom is 0.159 e. The van der Waals surface area contributed by atoms with E-state index in [2.05, 4.69) is 510 Å². The monoisotopic (exact) mass is 1760 g/mol. The number of fused-ring (bicyclic) bond motifs is 18. The van der Waals surface area contributed by atoms with Crippen molar-refractivity contribution in [2.75, 3.05) is 0 Å². The first-order chi connectivity index (χ1) is 68.4. The molecule has 22 aromatic carbocycles. The van der Waals surface area contributed by atoms with Crippen molar-refractivity contribution in [1.82, 2.24) is 18.3 Å². The Morgan fingerprint density at radius 1 is 0.116 bits per heavy atom. The molecule has 0 unspecified atom stereocenters. The molecule has 0 saturated heterocycles. The smallest absolute Gasteiger partial charge is 0.159 e. The molecule has 6 nitrogen and oxygen atoms in total. The molecular weight excluding hydrogens is 1670 g/mol. The number of hydrogen-bond acceptors (Lipinski definition) is 2. The second-order valence-corrected chi connectivity index (χ2v) is 36.2. The normalized spacial score (nSPS) is 11.8. The lowest BCUT2D eigenvalue weighted by molar-refractivity contribution is 0.666. The fraction of sp³-hybridized carbons (Fsp3) is 0. The maximum atomic E-state index is 6.65. The van der Waals surface area contributed by atoms with Crippen molar-refractivity contribution in [3.63, 3.8) is 0 Å². The topological polar surface area (TPSA) is 46.0 Å². The summed E-state index contributed by atoms with van der Waals surface area (Å²) >= 11 is 0. The van der Waals surface area contributed by atoms with E-state index in [0.717, 1.165) is 88.7 Å². The third-order valence-corrected chi connectivity index (χ3v) is 28.2. The van der Waals surface area contributed by atoms with E-state index in [1.807, 2.05) is 18.2 Å². The van der Waals surface area contributed by atoms with Gasteiger partial charge >= 0.3 is 0 Å². The molecule has 6 aromatic heterocycles. The summed E-state index contributed by atoms with van der Waals surface area (Å²) in [6, 6.07) is 185. The number of hydrogen-bond donors (Lipinski definition) is 0. The molecule has 28 rings (SSSR count). The quantitative estimate of drug-likeness (QED) is 0.109. The molecule has 0 amide bonds. The van der Waals surface area contributed by atoms with Crippen LogP contribution >= 0.6 is 0 Å². The SMILES string of the molecule is c1ccc(-c2cc(-c3ccccc3)cc(-c3cccc(-n4c5ccccc5c5cc(-c6ccc7c(c6)c6cc(-c8ccccc8)ccc6n7-c6ccc7oc8ccccc8c7c6)ccc54)c3)c2)cc1.c1ccc(-c2cc(-c3ccccc3)cc(-c3cccc(-n4c5ccccc5c5cc(-c6ccc7c(c6)c6cc(-c8ccccc8)ccc6n7-c6cccc7c6oc6ccccc67)ccc54)c3)c2)cc1. The Kier molecular flexibility index (Phi) is 18.9. The van der Waals surface area contributed by atoms with Crippen LogP contribution in [0.2, 0.25) is 0 Å². The lowest BCUT2D eigenvalue weighted by Crippen LogP contribution is -1.95. The summed E-state index contributed by atoms with van der Waals surface area (Å²) in [7, 11) is 0. The molecule has 644 valence electrons. The largest absolute Gasteiger partial charge is 0.456 e. The number of rotatable bonds is 14. The van der Waals surface area contributed by atoms with Gasteiger partial charge < -0.3 is 27.1 Å². The molecule has 0 aliphatic rings. The van der Waals surface area contributed by atoms with Crippen LogP contribution < -0.4 is 0 Å². The summed E-state index contributed by atoms with van der Waals surface area (Å²) in [6.45, 7) is 0. The Bertz CT molecular complexity index is 9570. The molecule has 0 aliphatic carbocycles. The molecule has 0 aliphatic heterocycles. The first-order valence-corrected chi connectivity index (χ1v) is 47.3. The molecule has 0 N–H and O–H groups in total. The van der Waals surface area contributed by atoms with Crippen molar-refractivity contribution in [3.05, 3.63) is 510 Å². The fourth-order valence-corrected chi connectivity index (χ4v) is 21.6. The summed E-state index contributed by atoms with van der Waals surface area (Å²) in [5.74, 6) is 0. The second kappa shape index (κ2) is 32.8. The Morgan fingerprint density at radius 3 is 0.739 bits per heavy atom.